The second-order valence-corrected chi connectivity index (χ2v) is 5.77. The van der Waals surface area contributed by atoms with E-state index in [0.717, 1.165) is 5.56 Å². The molecule has 1 atom stereocenters. The van der Waals surface area contributed by atoms with Crippen LogP contribution >= 0.6 is 0 Å². The third-order valence-electron chi connectivity index (χ3n) is 3.78. The number of amides is 2. The number of para-hydroxylation sites is 1. The molecule has 2 rings (SSSR count). The molecule has 0 aliphatic carbocycles. The minimum absolute atomic E-state index is 0.0900. The van der Waals surface area contributed by atoms with Crippen molar-refractivity contribution in [3.8, 4) is 11.4 Å². The molecule has 7 nitrogen and oxygen atoms in total. The Balaban J connectivity index is 2.31. The normalized spacial score (nSPS) is 12.3. The maximum Gasteiger partial charge on any atom is 0.321 e. The molecule has 1 aromatic carbocycles. The van der Waals surface area contributed by atoms with Crippen LogP contribution in [-0.4, -0.2) is 50.5 Å². The number of nitrogens with one attached hydrogen (secondary N) is 1. The van der Waals surface area contributed by atoms with Gasteiger partial charge in [0.15, 0.2) is 5.82 Å². The van der Waals surface area contributed by atoms with Crippen LogP contribution in [0.4, 0.5) is 10.5 Å². The van der Waals surface area contributed by atoms with Crippen molar-refractivity contribution in [1.82, 2.24) is 19.7 Å². The molecule has 1 heterocycles. The molecule has 0 fully saturated rings. The smallest absolute Gasteiger partial charge is 0.321 e. The molecule has 0 radical (unpaired) electrons. The monoisotopic (exact) mass is 317 g/mol. The zero-order valence-corrected chi connectivity index (χ0v) is 13.9. The Morgan fingerprint density at radius 2 is 2.04 bits per heavy atom. The number of hydrogen-bond donors (Lipinski definition) is 2. The van der Waals surface area contributed by atoms with Crippen LogP contribution in [-0.2, 0) is 0 Å². The third-order valence-corrected chi connectivity index (χ3v) is 3.78. The first-order chi connectivity index (χ1) is 11.0. The maximum atomic E-state index is 12.3. The highest BCUT2D eigenvalue weighted by Crippen LogP contribution is 2.28. The molecule has 0 spiro atoms. The van der Waals surface area contributed by atoms with Crippen LogP contribution in [0.15, 0.2) is 30.6 Å². The van der Waals surface area contributed by atoms with Gasteiger partial charge >= 0.3 is 6.03 Å². The lowest BCUT2D eigenvalue weighted by Crippen LogP contribution is -2.40. The highest BCUT2D eigenvalue weighted by atomic mass is 16.3. The summed E-state index contributed by atoms with van der Waals surface area (Å²) in [6.07, 6.45) is 1.68. The summed E-state index contributed by atoms with van der Waals surface area (Å²) in [6.45, 7) is 5.78. The fourth-order valence-electron chi connectivity index (χ4n) is 2.13. The molecule has 0 saturated carbocycles. The predicted octanol–water partition coefficient (Wildman–Crippen LogP) is 2.37. The molecular weight excluding hydrogens is 294 g/mol. The van der Waals surface area contributed by atoms with E-state index in [1.165, 1.54) is 4.90 Å². The zero-order valence-electron chi connectivity index (χ0n) is 13.9. The summed E-state index contributed by atoms with van der Waals surface area (Å²) in [5.74, 6) is 0.703. The van der Waals surface area contributed by atoms with E-state index in [9.17, 15) is 9.90 Å². The molecule has 124 valence electrons. The van der Waals surface area contributed by atoms with Crippen molar-refractivity contribution in [3.05, 3.63) is 30.6 Å². The fourth-order valence-corrected chi connectivity index (χ4v) is 2.13. The van der Waals surface area contributed by atoms with Crippen LogP contribution in [0.5, 0.6) is 0 Å². The second kappa shape index (κ2) is 7.23. The van der Waals surface area contributed by atoms with E-state index in [4.69, 9.17) is 0 Å². The van der Waals surface area contributed by atoms with Gasteiger partial charge in [-0.3, -0.25) is 0 Å². The Morgan fingerprint density at radius 1 is 1.35 bits per heavy atom. The van der Waals surface area contributed by atoms with Crippen LogP contribution in [0.1, 0.15) is 26.8 Å². The summed E-state index contributed by atoms with van der Waals surface area (Å²) in [6, 6.07) is 7.13. The lowest BCUT2D eigenvalue weighted by Gasteiger charge is -2.24. The third kappa shape index (κ3) is 3.68. The topological polar surface area (TPSA) is 83.3 Å². The largest absolute Gasteiger partial charge is 0.394 e. The first kappa shape index (κ1) is 17.0. The number of carbonyl (C=O) groups is 1. The standard InChI is InChI=1S/C16H23N5O2/c1-11(2)21-10-17-19-15(21)13-7-5-6-8-14(13)18-16(23)20(4)12(3)9-22/h5-8,10-12,22H,9H2,1-4H3,(H,18,23). The Hall–Kier alpha value is -2.41. The van der Waals surface area contributed by atoms with Crippen molar-refractivity contribution in [2.75, 3.05) is 19.0 Å². The summed E-state index contributed by atoms with van der Waals surface area (Å²) in [7, 11) is 1.65. The van der Waals surface area contributed by atoms with Gasteiger partial charge in [0.05, 0.1) is 18.3 Å². The van der Waals surface area contributed by atoms with Gasteiger partial charge in [-0.25, -0.2) is 4.79 Å². The molecule has 1 aromatic heterocycles. The van der Waals surface area contributed by atoms with Gasteiger partial charge < -0.3 is 19.9 Å². The maximum absolute atomic E-state index is 12.3. The highest BCUT2D eigenvalue weighted by molar-refractivity contribution is 5.93. The van der Waals surface area contributed by atoms with Crippen LogP contribution in [0.25, 0.3) is 11.4 Å². The molecule has 0 saturated heterocycles. The predicted molar refractivity (Wildman–Crippen MR) is 89.2 cm³/mol. The number of anilines is 1. The molecule has 0 aliphatic heterocycles. The Bertz CT molecular complexity index is 668. The molecule has 7 heteroatoms. The average Bonchev–Trinajstić information content (AvgIpc) is 3.03. The van der Waals surface area contributed by atoms with Crippen LogP contribution < -0.4 is 5.32 Å². The summed E-state index contributed by atoms with van der Waals surface area (Å²) < 4.78 is 1.95. The number of carbonyl (C=O) groups excluding carboxylic acids is 1. The van der Waals surface area contributed by atoms with E-state index in [2.05, 4.69) is 15.5 Å². The van der Waals surface area contributed by atoms with Crippen molar-refractivity contribution < 1.29 is 9.90 Å². The lowest BCUT2D eigenvalue weighted by molar-refractivity contribution is 0.166. The first-order valence-corrected chi connectivity index (χ1v) is 7.59. The Morgan fingerprint density at radius 3 is 2.70 bits per heavy atom. The summed E-state index contributed by atoms with van der Waals surface area (Å²) >= 11 is 0. The number of hydrogen-bond acceptors (Lipinski definition) is 4. The van der Waals surface area contributed by atoms with E-state index in [1.54, 1.807) is 20.3 Å². The SMILES string of the molecule is CC(CO)N(C)C(=O)Nc1ccccc1-c1nncn1C(C)C. The van der Waals surface area contributed by atoms with E-state index in [1.807, 2.05) is 42.7 Å². The fraction of sp³-hybridized carbons (Fsp3) is 0.438. The number of nitrogens with zero attached hydrogens (tertiary/aromatic N) is 4. The number of aliphatic hydroxyl groups excluding tert-OH is 1. The van der Waals surface area contributed by atoms with Gasteiger partial charge in [0, 0.05) is 18.7 Å². The van der Waals surface area contributed by atoms with E-state index >= 15 is 0 Å². The van der Waals surface area contributed by atoms with Crippen LogP contribution in [0.3, 0.4) is 0 Å². The minimum atomic E-state index is -0.283. The second-order valence-electron chi connectivity index (χ2n) is 5.77. The highest BCUT2D eigenvalue weighted by Gasteiger charge is 2.18. The van der Waals surface area contributed by atoms with Crippen molar-refractivity contribution in [3.63, 3.8) is 0 Å². The van der Waals surface area contributed by atoms with Crippen molar-refractivity contribution in [1.29, 1.82) is 0 Å². The van der Waals surface area contributed by atoms with E-state index in [-0.39, 0.29) is 24.7 Å². The minimum Gasteiger partial charge on any atom is -0.394 e. The van der Waals surface area contributed by atoms with Crippen LogP contribution in [0.2, 0.25) is 0 Å². The summed E-state index contributed by atoms with van der Waals surface area (Å²) in [5.41, 5.74) is 1.46. The number of aliphatic hydroxyl groups is 1. The Kier molecular flexibility index (Phi) is 5.33. The van der Waals surface area contributed by atoms with Gasteiger partial charge in [0.2, 0.25) is 0 Å². The number of urea groups is 1. The first-order valence-electron chi connectivity index (χ1n) is 7.59. The number of likely N-dealkylation sites (N-methyl/N-ethyl adjacent to an activating group) is 1. The molecule has 2 N–H and O–H groups in total. The van der Waals surface area contributed by atoms with Crippen molar-refractivity contribution >= 4 is 11.7 Å². The molecule has 2 amide bonds. The molecular formula is C16H23N5O2. The van der Waals surface area contributed by atoms with Gasteiger partial charge in [-0.05, 0) is 32.9 Å². The number of benzene rings is 1. The van der Waals surface area contributed by atoms with Gasteiger partial charge in [0.25, 0.3) is 0 Å². The van der Waals surface area contributed by atoms with Crippen LogP contribution in [0, 0.1) is 0 Å². The molecule has 1 unspecified atom stereocenters. The van der Waals surface area contributed by atoms with Gasteiger partial charge in [-0.1, -0.05) is 12.1 Å². The summed E-state index contributed by atoms with van der Waals surface area (Å²) in [5, 5.41) is 20.2. The zero-order chi connectivity index (χ0) is 17.0. The number of rotatable bonds is 5. The molecule has 0 bridgehead atoms. The Labute approximate surface area is 136 Å². The molecule has 0 aliphatic rings. The van der Waals surface area contributed by atoms with Gasteiger partial charge in [-0.15, -0.1) is 10.2 Å². The van der Waals surface area contributed by atoms with Crippen molar-refractivity contribution in [2.24, 2.45) is 0 Å². The van der Waals surface area contributed by atoms with Crippen molar-refractivity contribution in [2.45, 2.75) is 32.9 Å². The number of aromatic nitrogens is 3. The van der Waals surface area contributed by atoms with Gasteiger partial charge in [-0.2, -0.15) is 0 Å². The summed E-state index contributed by atoms with van der Waals surface area (Å²) in [4.78, 5) is 13.8. The quantitative estimate of drug-likeness (QED) is 0.887. The van der Waals surface area contributed by atoms with E-state index < -0.39 is 0 Å². The lowest BCUT2D eigenvalue weighted by atomic mass is 10.1. The van der Waals surface area contributed by atoms with Gasteiger partial charge in [0.1, 0.15) is 6.33 Å². The average molecular weight is 317 g/mol. The molecule has 2 aromatic rings. The molecule has 23 heavy (non-hydrogen) atoms. The van der Waals surface area contributed by atoms with E-state index in [0.29, 0.717) is 11.5 Å².